The first kappa shape index (κ1) is 23.6. The van der Waals surface area contributed by atoms with Gasteiger partial charge in [-0.1, -0.05) is 31.7 Å². The summed E-state index contributed by atoms with van der Waals surface area (Å²) in [7, 11) is 1.36. The van der Waals surface area contributed by atoms with Gasteiger partial charge in [0.2, 0.25) is 0 Å². The van der Waals surface area contributed by atoms with Gasteiger partial charge in [0.1, 0.15) is 11.6 Å². The number of pyridine rings is 1. The summed E-state index contributed by atoms with van der Waals surface area (Å²) < 4.78 is 23.9. The maximum Gasteiger partial charge on any atom is 0.340 e. The molecule has 7 heteroatoms. The number of methoxy groups -OCH3 is 1. The Morgan fingerprint density at radius 3 is 2.69 bits per heavy atom. The summed E-state index contributed by atoms with van der Waals surface area (Å²) in [6.45, 7) is 5.28. The minimum absolute atomic E-state index is 0.240. The van der Waals surface area contributed by atoms with Gasteiger partial charge in [-0.15, -0.1) is 0 Å². The van der Waals surface area contributed by atoms with Crippen LogP contribution >= 0.6 is 11.8 Å². The third kappa shape index (κ3) is 5.79. The molecule has 0 bridgehead atoms. The van der Waals surface area contributed by atoms with Gasteiger partial charge in [-0.3, -0.25) is 4.98 Å². The lowest BCUT2D eigenvalue weighted by atomic mass is 9.93. The smallest absolute Gasteiger partial charge is 0.340 e. The van der Waals surface area contributed by atoms with Crippen molar-refractivity contribution < 1.29 is 18.7 Å². The van der Waals surface area contributed by atoms with Gasteiger partial charge in [0.25, 0.3) is 0 Å². The molecule has 5 nitrogen and oxygen atoms in total. The third-order valence-electron chi connectivity index (χ3n) is 4.96. The zero-order valence-electron chi connectivity index (χ0n) is 18.4. The average molecular weight is 455 g/mol. The van der Waals surface area contributed by atoms with Crippen molar-refractivity contribution in [1.82, 2.24) is 4.98 Å². The number of esters is 1. The van der Waals surface area contributed by atoms with Crippen LogP contribution in [0.4, 0.5) is 10.1 Å². The summed E-state index contributed by atoms with van der Waals surface area (Å²) in [4.78, 5) is 18.1. The standard InChI is InChI=1S/C23H21FN2O3S.C2H6/c1-28-23(27)20-8-10-25-14-21(20)26-13-15-9-11-29-22-12-18(6-7-19(15)22)30-17-4-2-16(24)3-5-17;1-2/h2-8,10,12,14-15,26H,9,11,13H2,1H3;1-2H3. The lowest BCUT2D eigenvalue weighted by molar-refractivity contribution is 0.0601. The van der Waals surface area contributed by atoms with Crippen molar-refractivity contribution in [2.75, 3.05) is 25.6 Å². The quantitative estimate of drug-likeness (QED) is 0.450. The molecule has 4 rings (SSSR count). The van der Waals surface area contributed by atoms with Crippen molar-refractivity contribution in [1.29, 1.82) is 0 Å². The van der Waals surface area contributed by atoms with Crippen LogP contribution < -0.4 is 10.1 Å². The summed E-state index contributed by atoms with van der Waals surface area (Å²) in [5.41, 5.74) is 2.24. The largest absolute Gasteiger partial charge is 0.493 e. The zero-order chi connectivity index (χ0) is 22.9. The van der Waals surface area contributed by atoms with E-state index in [2.05, 4.69) is 22.4 Å². The number of halogens is 1. The molecule has 0 amide bonds. The highest BCUT2D eigenvalue weighted by Crippen LogP contribution is 2.38. The van der Waals surface area contributed by atoms with Crippen molar-refractivity contribution in [2.45, 2.75) is 36.0 Å². The highest BCUT2D eigenvalue weighted by Gasteiger charge is 2.23. The number of rotatable bonds is 6. The van der Waals surface area contributed by atoms with Crippen LogP contribution in [0, 0.1) is 5.82 Å². The van der Waals surface area contributed by atoms with Crippen molar-refractivity contribution >= 4 is 23.4 Å². The molecule has 1 N–H and O–H groups in total. The molecular formula is C25H27FN2O3S. The average Bonchev–Trinajstić information content (AvgIpc) is 2.85. The molecule has 0 saturated carbocycles. The second kappa shape index (κ2) is 11.5. The summed E-state index contributed by atoms with van der Waals surface area (Å²) in [6.07, 6.45) is 4.08. The number of carbonyl (C=O) groups is 1. The van der Waals surface area contributed by atoms with Gasteiger partial charge in [0.15, 0.2) is 0 Å². The summed E-state index contributed by atoms with van der Waals surface area (Å²) in [5.74, 6) is 0.464. The Kier molecular flexibility index (Phi) is 8.50. The second-order valence-corrected chi connectivity index (χ2v) is 8.03. The monoisotopic (exact) mass is 454 g/mol. The van der Waals surface area contributed by atoms with Crippen LogP contribution in [-0.4, -0.2) is 31.2 Å². The molecule has 1 unspecified atom stereocenters. The van der Waals surface area contributed by atoms with Gasteiger partial charge in [-0.05, 0) is 54.4 Å². The van der Waals surface area contributed by atoms with Crippen molar-refractivity contribution in [3.05, 3.63) is 77.9 Å². The molecule has 168 valence electrons. The van der Waals surface area contributed by atoms with Crippen molar-refractivity contribution in [3.63, 3.8) is 0 Å². The van der Waals surface area contributed by atoms with Crippen molar-refractivity contribution in [3.8, 4) is 5.75 Å². The molecule has 1 aromatic heterocycles. The first-order chi connectivity index (χ1) is 15.6. The molecule has 0 saturated heterocycles. The van der Waals surface area contributed by atoms with Gasteiger partial charge < -0.3 is 14.8 Å². The molecule has 2 heterocycles. The number of nitrogens with one attached hydrogen (secondary N) is 1. The molecule has 0 radical (unpaired) electrons. The van der Waals surface area contributed by atoms with E-state index in [1.54, 1.807) is 42.4 Å². The maximum absolute atomic E-state index is 13.1. The van der Waals surface area contributed by atoms with E-state index in [-0.39, 0.29) is 11.7 Å². The van der Waals surface area contributed by atoms with Crippen LogP contribution in [0.3, 0.4) is 0 Å². The Labute approximate surface area is 192 Å². The van der Waals surface area contributed by atoms with E-state index >= 15 is 0 Å². The van der Waals surface area contributed by atoms with Gasteiger partial charge in [-0.2, -0.15) is 0 Å². The van der Waals surface area contributed by atoms with E-state index in [1.807, 2.05) is 19.9 Å². The predicted octanol–water partition coefficient (Wildman–Crippen LogP) is 6.16. The van der Waals surface area contributed by atoms with Gasteiger partial charge >= 0.3 is 5.97 Å². The molecule has 1 aliphatic rings. The minimum atomic E-state index is -0.394. The fraction of sp³-hybridized carbons (Fsp3) is 0.280. The van der Waals surface area contributed by atoms with E-state index in [0.717, 1.165) is 27.5 Å². The van der Waals surface area contributed by atoms with E-state index < -0.39 is 5.97 Å². The van der Waals surface area contributed by atoms with E-state index in [9.17, 15) is 9.18 Å². The number of hydrogen-bond donors (Lipinski definition) is 1. The highest BCUT2D eigenvalue weighted by molar-refractivity contribution is 7.99. The Morgan fingerprint density at radius 1 is 1.19 bits per heavy atom. The third-order valence-corrected chi connectivity index (χ3v) is 5.96. The molecule has 0 aliphatic carbocycles. The van der Waals surface area contributed by atoms with E-state index in [4.69, 9.17) is 9.47 Å². The molecule has 3 aromatic rings. The number of aromatic nitrogens is 1. The number of nitrogens with zero attached hydrogens (tertiary/aromatic N) is 1. The van der Waals surface area contributed by atoms with Crippen LogP contribution in [-0.2, 0) is 4.74 Å². The normalized spacial score (nSPS) is 14.3. The van der Waals surface area contributed by atoms with Crippen LogP contribution in [0.2, 0.25) is 0 Å². The molecule has 0 fully saturated rings. The molecule has 0 spiro atoms. The minimum Gasteiger partial charge on any atom is -0.493 e. The number of hydrogen-bond acceptors (Lipinski definition) is 6. The maximum atomic E-state index is 13.1. The number of fused-ring (bicyclic) bond motifs is 1. The number of carbonyl (C=O) groups excluding carboxylic acids is 1. The van der Waals surface area contributed by atoms with Crippen LogP contribution in [0.1, 0.15) is 42.1 Å². The number of anilines is 1. The lowest BCUT2D eigenvalue weighted by Gasteiger charge is -2.27. The number of ether oxygens (including phenoxy) is 2. The summed E-state index contributed by atoms with van der Waals surface area (Å²) >= 11 is 1.57. The second-order valence-electron chi connectivity index (χ2n) is 6.88. The van der Waals surface area contributed by atoms with Crippen LogP contribution in [0.15, 0.2) is 70.7 Å². The van der Waals surface area contributed by atoms with E-state index in [0.29, 0.717) is 24.4 Å². The first-order valence-corrected chi connectivity index (χ1v) is 11.4. The van der Waals surface area contributed by atoms with Crippen LogP contribution in [0.25, 0.3) is 0 Å². The van der Waals surface area contributed by atoms with Crippen LogP contribution in [0.5, 0.6) is 5.75 Å². The summed E-state index contributed by atoms with van der Waals surface area (Å²) in [5, 5.41) is 3.34. The fourth-order valence-corrected chi connectivity index (χ4v) is 4.26. The lowest BCUT2D eigenvalue weighted by Crippen LogP contribution is -2.21. The Bertz CT molecular complexity index is 1040. The molecular weight excluding hydrogens is 427 g/mol. The molecule has 32 heavy (non-hydrogen) atoms. The van der Waals surface area contributed by atoms with Gasteiger partial charge in [0.05, 0.1) is 31.2 Å². The SMILES string of the molecule is CC.COC(=O)c1ccncc1NCC1CCOc2cc(Sc3ccc(F)cc3)ccc21. The fourth-order valence-electron chi connectivity index (χ4n) is 3.41. The molecule has 1 aliphatic heterocycles. The van der Waals surface area contributed by atoms with Crippen molar-refractivity contribution in [2.24, 2.45) is 0 Å². The topological polar surface area (TPSA) is 60.5 Å². The predicted molar refractivity (Wildman–Crippen MR) is 125 cm³/mol. The molecule has 1 atom stereocenters. The zero-order valence-corrected chi connectivity index (χ0v) is 19.2. The summed E-state index contributed by atoms with van der Waals surface area (Å²) in [6, 6.07) is 14.2. The number of benzene rings is 2. The van der Waals surface area contributed by atoms with E-state index in [1.165, 1.54) is 19.2 Å². The van der Waals surface area contributed by atoms with Gasteiger partial charge in [-0.25, -0.2) is 9.18 Å². The molecule has 2 aromatic carbocycles. The Balaban J connectivity index is 0.00000141. The Hall–Kier alpha value is -3.06. The first-order valence-electron chi connectivity index (χ1n) is 10.6. The van der Waals surface area contributed by atoms with Gasteiger partial charge in [0, 0.05) is 28.5 Å². The Morgan fingerprint density at radius 2 is 1.94 bits per heavy atom. The highest BCUT2D eigenvalue weighted by atomic mass is 32.2.